The molecule has 4 rings (SSSR count). The molecule has 1 N–H and O–H groups in total. The van der Waals surface area contributed by atoms with Crippen LogP contribution in [0, 0.1) is 0 Å². The minimum absolute atomic E-state index is 0.0218. The second-order valence-electron chi connectivity index (χ2n) is 7.52. The first kappa shape index (κ1) is 20.1. The molecular weight excluding hydrogens is 384 g/mol. The lowest BCUT2D eigenvalue weighted by atomic mass is 10.0. The molecule has 0 spiro atoms. The zero-order chi connectivity index (χ0) is 20.9. The molecule has 2 aromatic rings. The van der Waals surface area contributed by atoms with E-state index in [2.05, 4.69) is 5.32 Å². The summed E-state index contributed by atoms with van der Waals surface area (Å²) in [5.41, 5.74) is 0.884. The predicted molar refractivity (Wildman–Crippen MR) is 111 cm³/mol. The molecule has 1 atom stereocenters. The van der Waals surface area contributed by atoms with Crippen molar-refractivity contribution in [3.63, 3.8) is 0 Å². The number of piperidine rings is 1. The largest absolute Gasteiger partial charge is 0.496 e. The molecule has 2 aliphatic heterocycles. The topological polar surface area (TPSA) is 77.1 Å². The van der Waals surface area contributed by atoms with Gasteiger partial charge in [-0.15, -0.1) is 0 Å². The zero-order valence-electron chi connectivity index (χ0n) is 17.0. The number of amides is 2. The Morgan fingerprint density at radius 3 is 2.53 bits per heavy atom. The van der Waals surface area contributed by atoms with Crippen LogP contribution in [-0.4, -0.2) is 55.7 Å². The number of carbonyl (C=O) groups excluding carboxylic acids is 2. The van der Waals surface area contributed by atoms with E-state index < -0.39 is 6.10 Å². The average Bonchev–Trinajstić information content (AvgIpc) is 2.79. The molecule has 2 heterocycles. The number of para-hydroxylation sites is 3. The predicted octanol–water partition coefficient (Wildman–Crippen LogP) is 2.18. The smallest absolute Gasteiger partial charge is 0.264 e. The third-order valence-electron chi connectivity index (χ3n) is 5.53. The molecular formula is C23H26N2O5. The Hall–Kier alpha value is -3.22. The fraction of sp³-hybridized carbons (Fsp3) is 0.391. The van der Waals surface area contributed by atoms with E-state index in [-0.39, 0.29) is 24.5 Å². The van der Waals surface area contributed by atoms with Crippen LogP contribution in [0.1, 0.15) is 18.4 Å². The highest BCUT2D eigenvalue weighted by atomic mass is 16.6. The Morgan fingerprint density at radius 2 is 1.77 bits per heavy atom. The van der Waals surface area contributed by atoms with Gasteiger partial charge in [0.1, 0.15) is 12.4 Å². The van der Waals surface area contributed by atoms with Crippen LogP contribution in [0.15, 0.2) is 48.5 Å². The van der Waals surface area contributed by atoms with Crippen molar-refractivity contribution in [3.05, 3.63) is 54.1 Å². The van der Waals surface area contributed by atoms with E-state index in [0.29, 0.717) is 43.9 Å². The van der Waals surface area contributed by atoms with Gasteiger partial charge in [-0.05, 0) is 31.0 Å². The van der Waals surface area contributed by atoms with Gasteiger partial charge in [-0.3, -0.25) is 9.59 Å². The van der Waals surface area contributed by atoms with Crippen molar-refractivity contribution in [2.45, 2.75) is 31.4 Å². The van der Waals surface area contributed by atoms with Crippen LogP contribution in [0.25, 0.3) is 0 Å². The van der Waals surface area contributed by atoms with E-state index in [1.165, 1.54) is 0 Å². The van der Waals surface area contributed by atoms with Crippen LogP contribution in [0.4, 0.5) is 0 Å². The highest BCUT2D eigenvalue weighted by molar-refractivity contribution is 5.82. The summed E-state index contributed by atoms with van der Waals surface area (Å²) in [6, 6.07) is 14.9. The number of methoxy groups -OCH3 is 1. The number of benzene rings is 2. The van der Waals surface area contributed by atoms with Gasteiger partial charge in [-0.1, -0.05) is 30.3 Å². The van der Waals surface area contributed by atoms with Gasteiger partial charge in [0.15, 0.2) is 11.5 Å². The molecule has 1 fully saturated rings. The first-order valence-electron chi connectivity index (χ1n) is 10.2. The van der Waals surface area contributed by atoms with Gasteiger partial charge in [-0.2, -0.15) is 0 Å². The first-order chi connectivity index (χ1) is 14.6. The Bertz CT molecular complexity index is 908. The standard InChI is InChI=1S/C23H26N2O5/c1-28-18-7-3-2-6-16(18)14-22(26)25-12-10-17(11-13-25)24-23(27)21-15-29-19-8-4-5-9-20(19)30-21/h2-9,17,21H,10-15H2,1H3,(H,24,27). The van der Waals surface area contributed by atoms with Gasteiger partial charge in [0.25, 0.3) is 5.91 Å². The van der Waals surface area contributed by atoms with E-state index in [0.717, 1.165) is 11.3 Å². The third-order valence-corrected chi connectivity index (χ3v) is 5.53. The van der Waals surface area contributed by atoms with Gasteiger partial charge in [0.05, 0.1) is 13.5 Å². The summed E-state index contributed by atoms with van der Waals surface area (Å²) in [6.07, 6.45) is 1.08. The fourth-order valence-corrected chi connectivity index (χ4v) is 3.84. The van der Waals surface area contributed by atoms with E-state index in [1.54, 1.807) is 13.2 Å². The van der Waals surface area contributed by atoms with Crippen molar-refractivity contribution in [1.29, 1.82) is 0 Å². The summed E-state index contributed by atoms with van der Waals surface area (Å²) >= 11 is 0. The number of nitrogens with one attached hydrogen (secondary N) is 1. The number of rotatable bonds is 5. The maximum atomic E-state index is 12.7. The van der Waals surface area contributed by atoms with Crippen molar-refractivity contribution >= 4 is 11.8 Å². The van der Waals surface area contributed by atoms with E-state index in [9.17, 15) is 9.59 Å². The van der Waals surface area contributed by atoms with Gasteiger partial charge >= 0.3 is 0 Å². The van der Waals surface area contributed by atoms with Gasteiger partial charge in [0.2, 0.25) is 12.0 Å². The molecule has 1 saturated heterocycles. The van der Waals surface area contributed by atoms with Gasteiger partial charge in [-0.25, -0.2) is 0 Å². The molecule has 0 saturated carbocycles. The molecule has 0 radical (unpaired) electrons. The SMILES string of the molecule is COc1ccccc1CC(=O)N1CCC(NC(=O)C2COc3ccccc3O2)CC1. The van der Waals surface area contributed by atoms with Crippen LogP contribution >= 0.6 is 0 Å². The quantitative estimate of drug-likeness (QED) is 0.818. The summed E-state index contributed by atoms with van der Waals surface area (Å²) in [6.45, 7) is 1.42. The van der Waals surface area contributed by atoms with Crippen molar-refractivity contribution in [2.24, 2.45) is 0 Å². The lowest BCUT2D eigenvalue weighted by Gasteiger charge is -2.34. The maximum Gasteiger partial charge on any atom is 0.264 e. The summed E-state index contributed by atoms with van der Waals surface area (Å²) in [5, 5.41) is 3.04. The van der Waals surface area contributed by atoms with Gasteiger partial charge < -0.3 is 24.4 Å². The fourth-order valence-electron chi connectivity index (χ4n) is 3.84. The highest BCUT2D eigenvalue weighted by Gasteiger charge is 2.30. The van der Waals surface area contributed by atoms with Crippen molar-refractivity contribution < 1.29 is 23.8 Å². The van der Waals surface area contributed by atoms with E-state index in [1.807, 2.05) is 47.4 Å². The number of fused-ring (bicyclic) bond motifs is 1. The molecule has 2 amide bonds. The number of hydrogen-bond acceptors (Lipinski definition) is 5. The summed E-state index contributed by atoms with van der Waals surface area (Å²) in [5.74, 6) is 1.86. The monoisotopic (exact) mass is 410 g/mol. The molecule has 7 heteroatoms. The highest BCUT2D eigenvalue weighted by Crippen LogP contribution is 2.31. The average molecular weight is 410 g/mol. The summed E-state index contributed by atoms with van der Waals surface area (Å²) in [4.78, 5) is 27.1. The molecule has 1 unspecified atom stereocenters. The molecule has 7 nitrogen and oxygen atoms in total. The molecule has 0 bridgehead atoms. The third kappa shape index (κ3) is 4.50. The summed E-state index contributed by atoms with van der Waals surface area (Å²) in [7, 11) is 1.61. The van der Waals surface area contributed by atoms with E-state index in [4.69, 9.17) is 14.2 Å². The molecule has 0 aromatic heterocycles. The Morgan fingerprint density at radius 1 is 1.07 bits per heavy atom. The molecule has 2 aliphatic rings. The number of likely N-dealkylation sites (tertiary alicyclic amines) is 1. The van der Waals surface area contributed by atoms with E-state index >= 15 is 0 Å². The molecule has 30 heavy (non-hydrogen) atoms. The molecule has 0 aliphatic carbocycles. The van der Waals surface area contributed by atoms with Crippen LogP contribution in [0.2, 0.25) is 0 Å². The Labute approximate surface area is 175 Å². The number of nitrogens with zero attached hydrogens (tertiary/aromatic N) is 1. The number of hydrogen-bond donors (Lipinski definition) is 1. The minimum Gasteiger partial charge on any atom is -0.496 e. The van der Waals surface area contributed by atoms with Gasteiger partial charge in [0, 0.05) is 24.7 Å². The maximum absolute atomic E-state index is 12.7. The van der Waals surface area contributed by atoms with Crippen molar-refractivity contribution in [1.82, 2.24) is 10.2 Å². The minimum atomic E-state index is -0.662. The lowest BCUT2D eigenvalue weighted by Crippen LogP contribution is -2.51. The van der Waals surface area contributed by atoms with Crippen LogP contribution < -0.4 is 19.5 Å². The first-order valence-corrected chi connectivity index (χ1v) is 10.2. The summed E-state index contributed by atoms with van der Waals surface area (Å²) < 4.78 is 16.7. The van der Waals surface area contributed by atoms with Crippen LogP contribution in [-0.2, 0) is 16.0 Å². The van der Waals surface area contributed by atoms with Crippen LogP contribution in [0.5, 0.6) is 17.2 Å². The van der Waals surface area contributed by atoms with Crippen LogP contribution in [0.3, 0.4) is 0 Å². The Kier molecular flexibility index (Phi) is 6.07. The van der Waals surface area contributed by atoms with Crippen molar-refractivity contribution in [3.8, 4) is 17.2 Å². The number of carbonyl (C=O) groups is 2. The zero-order valence-corrected chi connectivity index (χ0v) is 17.0. The van der Waals surface area contributed by atoms with Crippen molar-refractivity contribution in [2.75, 3.05) is 26.8 Å². The second-order valence-corrected chi connectivity index (χ2v) is 7.52. The number of ether oxygens (including phenoxy) is 3. The molecule has 158 valence electrons. The lowest BCUT2D eigenvalue weighted by molar-refractivity contribution is -0.133. The Balaban J connectivity index is 1.25. The molecule has 2 aromatic carbocycles. The second kappa shape index (κ2) is 9.07. The normalized spacial score (nSPS) is 18.6.